The molecule has 0 saturated heterocycles. The molecule has 1 rings (SSSR count). The minimum absolute atomic E-state index is 0.457. The Bertz CT molecular complexity index is 753. The van der Waals surface area contributed by atoms with Crippen molar-refractivity contribution in [3.05, 3.63) is 28.0 Å². The van der Waals surface area contributed by atoms with E-state index in [-0.39, 0.29) is 0 Å². The Labute approximate surface area is 131 Å². The van der Waals surface area contributed by atoms with Crippen LogP contribution in [0.5, 0.6) is 0 Å². The van der Waals surface area contributed by atoms with Crippen molar-refractivity contribution in [3.63, 3.8) is 0 Å². The molecule has 1 aromatic rings. The van der Waals surface area contributed by atoms with Gasteiger partial charge in [0.2, 0.25) is 0 Å². The second kappa shape index (κ2) is 6.32. The first-order valence-corrected chi connectivity index (χ1v) is 8.03. The van der Waals surface area contributed by atoms with Gasteiger partial charge < -0.3 is 4.74 Å². The second-order valence-electron chi connectivity index (χ2n) is 3.92. The Hall–Kier alpha value is -1.49. The van der Waals surface area contributed by atoms with Crippen molar-refractivity contribution < 1.29 is 36.1 Å². The summed E-state index contributed by atoms with van der Waals surface area (Å²) in [6.07, 6.45) is -4.59. The van der Waals surface area contributed by atoms with Crippen LogP contribution in [-0.2, 0) is 19.3 Å². The van der Waals surface area contributed by atoms with Gasteiger partial charge in [0.05, 0.1) is 31.8 Å². The van der Waals surface area contributed by atoms with E-state index in [0.29, 0.717) is 0 Å². The quantitative estimate of drug-likeness (QED) is 0.560. The van der Waals surface area contributed by atoms with Crippen molar-refractivity contribution in [1.82, 2.24) is 0 Å². The van der Waals surface area contributed by atoms with Crippen LogP contribution in [0.2, 0.25) is 0 Å². The van der Waals surface area contributed by atoms with E-state index in [9.17, 15) is 31.4 Å². The number of alkyl halides is 3. The maximum absolute atomic E-state index is 13.5. The van der Waals surface area contributed by atoms with Crippen molar-refractivity contribution in [1.29, 1.82) is 0 Å². The Morgan fingerprint density at radius 3 is 2.32 bits per heavy atom. The fourth-order valence-electron chi connectivity index (χ4n) is 1.40. The molecule has 1 unspecified atom stereocenters. The van der Waals surface area contributed by atoms with E-state index in [1.807, 2.05) is 0 Å². The van der Waals surface area contributed by atoms with E-state index in [1.165, 1.54) is 0 Å². The monoisotopic (exact) mass is 405 g/mol. The zero-order chi connectivity index (χ0) is 17.3. The molecule has 0 bridgehead atoms. The summed E-state index contributed by atoms with van der Waals surface area (Å²) in [4.78, 5) is 22.0. The number of carbonyl (C=O) groups is 2. The molecule has 1 aromatic carbocycles. The summed E-state index contributed by atoms with van der Waals surface area (Å²) in [7, 11) is -3.02. The molecule has 0 aliphatic carbocycles. The van der Waals surface area contributed by atoms with Crippen LogP contribution in [0.3, 0.4) is 0 Å². The molecule has 0 saturated carbocycles. The number of halogens is 5. The number of benzene rings is 1. The molecule has 5 nitrogen and oxygen atoms in total. The molecule has 122 valence electrons. The highest BCUT2D eigenvalue weighted by atomic mass is 79.9. The minimum Gasteiger partial charge on any atom is -0.465 e. The topological polar surface area (TPSA) is 72.8 Å². The van der Waals surface area contributed by atoms with Gasteiger partial charge in [-0.15, -0.1) is 4.36 Å². The zero-order valence-electron chi connectivity index (χ0n) is 11.0. The minimum atomic E-state index is -5.32. The fraction of sp³-hybridized carbons (Fsp3) is 0.273. The van der Waals surface area contributed by atoms with Crippen LogP contribution in [-0.4, -0.2) is 35.6 Å². The van der Waals surface area contributed by atoms with Crippen molar-refractivity contribution in [2.75, 3.05) is 13.4 Å². The van der Waals surface area contributed by atoms with E-state index in [2.05, 4.69) is 25.0 Å². The normalized spacial score (nSPS) is 14.1. The molecule has 0 aliphatic rings. The van der Waals surface area contributed by atoms with E-state index >= 15 is 0 Å². The van der Waals surface area contributed by atoms with E-state index in [0.717, 1.165) is 25.5 Å². The number of rotatable bonds is 2. The number of carbonyl (C=O) groups excluding carboxylic acids is 2. The largest absolute Gasteiger partial charge is 0.474 e. The lowest BCUT2D eigenvalue weighted by molar-refractivity contribution is -0.169. The van der Waals surface area contributed by atoms with E-state index < -0.39 is 48.5 Å². The third-order valence-corrected chi connectivity index (χ3v) is 4.80. The maximum Gasteiger partial charge on any atom is 0.474 e. The number of hydrogen-bond donors (Lipinski definition) is 0. The predicted octanol–water partition coefficient (Wildman–Crippen LogP) is 2.92. The van der Waals surface area contributed by atoms with E-state index in [1.54, 1.807) is 0 Å². The van der Waals surface area contributed by atoms with Crippen molar-refractivity contribution >= 4 is 37.5 Å². The first-order chi connectivity index (χ1) is 9.91. The molecule has 0 spiro atoms. The SMILES string of the molecule is COC(=O)c1c(S(C)(=O)=NC(=O)C(F)(F)F)ccc(F)c1Br. The van der Waals surface area contributed by atoms with Crippen LogP contribution in [0, 0.1) is 5.82 Å². The fourth-order valence-corrected chi connectivity index (χ4v) is 3.44. The molecule has 0 heterocycles. The van der Waals surface area contributed by atoms with Crippen LogP contribution in [0.4, 0.5) is 17.6 Å². The number of hydrogen-bond acceptors (Lipinski definition) is 4. The van der Waals surface area contributed by atoms with Crippen LogP contribution in [0.25, 0.3) is 0 Å². The zero-order valence-corrected chi connectivity index (χ0v) is 13.4. The lowest BCUT2D eigenvalue weighted by Gasteiger charge is -2.12. The molecule has 0 aromatic heterocycles. The van der Waals surface area contributed by atoms with Gasteiger partial charge in [0.25, 0.3) is 0 Å². The van der Waals surface area contributed by atoms with Crippen LogP contribution in [0.1, 0.15) is 10.4 Å². The van der Waals surface area contributed by atoms with Gasteiger partial charge in [-0.05, 0) is 28.1 Å². The number of nitrogens with zero attached hydrogens (tertiary/aromatic N) is 1. The van der Waals surface area contributed by atoms with Gasteiger partial charge in [-0.2, -0.15) is 13.2 Å². The molecule has 1 atom stereocenters. The molecular formula is C11H8BrF4NO4S. The summed E-state index contributed by atoms with van der Waals surface area (Å²) in [5.41, 5.74) is -0.603. The van der Waals surface area contributed by atoms with Crippen molar-refractivity contribution in [2.45, 2.75) is 11.1 Å². The summed E-state index contributed by atoms with van der Waals surface area (Å²) in [6, 6.07) is 1.57. The van der Waals surface area contributed by atoms with Crippen molar-refractivity contribution in [3.8, 4) is 0 Å². The van der Waals surface area contributed by atoms with E-state index in [4.69, 9.17) is 0 Å². The van der Waals surface area contributed by atoms with Gasteiger partial charge in [0.15, 0.2) is 0 Å². The highest BCUT2D eigenvalue weighted by Crippen LogP contribution is 2.29. The first kappa shape index (κ1) is 18.6. The lowest BCUT2D eigenvalue weighted by atomic mass is 10.2. The number of amides is 1. The van der Waals surface area contributed by atoms with Gasteiger partial charge in [-0.1, -0.05) is 0 Å². The summed E-state index contributed by atoms with van der Waals surface area (Å²) < 4.78 is 69.0. The van der Waals surface area contributed by atoms with Gasteiger partial charge in [0.1, 0.15) is 5.82 Å². The van der Waals surface area contributed by atoms with Crippen LogP contribution in [0.15, 0.2) is 25.9 Å². The second-order valence-corrected chi connectivity index (χ2v) is 6.94. The van der Waals surface area contributed by atoms with Crippen LogP contribution >= 0.6 is 15.9 Å². The van der Waals surface area contributed by atoms with Gasteiger partial charge in [-0.3, -0.25) is 4.79 Å². The van der Waals surface area contributed by atoms with Gasteiger partial charge in [-0.25, -0.2) is 13.4 Å². The molecule has 22 heavy (non-hydrogen) atoms. The number of ether oxygens (including phenoxy) is 1. The maximum atomic E-state index is 13.5. The van der Waals surface area contributed by atoms with Gasteiger partial charge >= 0.3 is 18.1 Å². The Kier molecular flexibility index (Phi) is 5.34. The predicted molar refractivity (Wildman–Crippen MR) is 71.3 cm³/mol. The number of esters is 1. The van der Waals surface area contributed by atoms with Crippen LogP contribution < -0.4 is 0 Å². The Morgan fingerprint density at radius 2 is 1.86 bits per heavy atom. The Morgan fingerprint density at radius 1 is 1.32 bits per heavy atom. The summed E-state index contributed by atoms with van der Waals surface area (Å²) in [5, 5.41) is 0. The summed E-state index contributed by atoms with van der Waals surface area (Å²) in [6.45, 7) is 0. The first-order valence-electron chi connectivity index (χ1n) is 5.31. The molecule has 1 amide bonds. The molecular weight excluding hydrogens is 398 g/mol. The molecule has 0 N–H and O–H groups in total. The molecule has 0 fully saturated rings. The average Bonchev–Trinajstić information content (AvgIpc) is 2.39. The third kappa shape index (κ3) is 3.83. The third-order valence-electron chi connectivity index (χ3n) is 2.35. The number of methoxy groups -OCH3 is 1. The smallest absolute Gasteiger partial charge is 0.465 e. The molecule has 0 radical (unpaired) electrons. The Balaban J connectivity index is 3.66. The van der Waals surface area contributed by atoms with Crippen molar-refractivity contribution in [2.24, 2.45) is 4.36 Å². The van der Waals surface area contributed by atoms with Gasteiger partial charge in [0, 0.05) is 6.26 Å². The summed E-state index contributed by atoms with van der Waals surface area (Å²) >= 11 is 2.72. The molecule has 11 heteroatoms. The highest BCUT2D eigenvalue weighted by Gasteiger charge is 2.40. The molecule has 0 aliphatic heterocycles. The summed E-state index contributed by atoms with van der Waals surface area (Å²) in [5.74, 6) is -4.65. The highest BCUT2D eigenvalue weighted by molar-refractivity contribution is 9.10. The lowest BCUT2D eigenvalue weighted by Crippen LogP contribution is -2.22. The average molecular weight is 406 g/mol. The standard InChI is InChI=1S/C11H8BrF4NO4S/c1-21-9(18)7-6(4-3-5(13)8(7)12)22(2,20)17-10(19)11(14,15)16/h3-4H,1-2H3.